The number of nitrogens with two attached hydrogens (primary N) is 1. The van der Waals surface area contributed by atoms with E-state index in [0.717, 1.165) is 11.3 Å². The van der Waals surface area contributed by atoms with Crippen LogP contribution in [0.4, 0.5) is 9.93 Å². The number of aromatic nitrogens is 1. The summed E-state index contributed by atoms with van der Waals surface area (Å²) in [4.78, 5) is 60.4. The number of thiazole rings is 1. The van der Waals surface area contributed by atoms with Crippen LogP contribution in [-0.4, -0.2) is 90.4 Å². The van der Waals surface area contributed by atoms with Crippen LogP contribution in [0, 0.1) is 0 Å². The van der Waals surface area contributed by atoms with E-state index >= 15 is 0 Å². The number of oxime groups is 1. The number of fused-ring (bicyclic) bond motifs is 1. The van der Waals surface area contributed by atoms with Gasteiger partial charge < -0.3 is 34.8 Å². The number of anilines is 1. The van der Waals surface area contributed by atoms with Crippen LogP contribution >= 0.6 is 23.1 Å². The van der Waals surface area contributed by atoms with Crippen molar-refractivity contribution in [2.75, 3.05) is 38.9 Å². The minimum Gasteiger partial charge on any atom is -0.435 e. The van der Waals surface area contributed by atoms with Crippen LogP contribution in [0.25, 0.3) is 0 Å². The van der Waals surface area contributed by atoms with E-state index in [1.54, 1.807) is 6.92 Å². The van der Waals surface area contributed by atoms with Crippen LogP contribution in [0.2, 0.25) is 0 Å². The molecule has 2 aliphatic heterocycles. The summed E-state index contributed by atoms with van der Waals surface area (Å²) in [7, 11) is 2.71. The fourth-order valence-corrected chi connectivity index (χ4v) is 5.25. The molecule has 0 saturated carbocycles. The van der Waals surface area contributed by atoms with Crippen LogP contribution in [0.1, 0.15) is 19.5 Å². The Morgan fingerprint density at radius 2 is 2.08 bits per heavy atom. The molecule has 2 unspecified atom stereocenters. The zero-order chi connectivity index (χ0) is 26.4. The maximum Gasteiger partial charge on any atom is 0.511 e. The van der Waals surface area contributed by atoms with Crippen molar-refractivity contribution < 1.29 is 43.0 Å². The summed E-state index contributed by atoms with van der Waals surface area (Å²) in [5.74, 6) is -1.81. The fraction of sp³-hybridized carbons (Fsp3) is 0.500. The standard InChI is InChI=1S/C20H25N5O9S2/c1-5-32-20(29)34-9(2)33-18(28)14-10(6-30-3)7-35-17-13(16(27)25(14)17)23-15(26)12(24-31-4)11-8-36-19(21)22-11/h8-9,13,17H,5-7H2,1-4H3,(H2,21,22)(H,23,26)/b24-12-/t9?,13?,17-/m1/s1. The zero-order valence-corrected chi connectivity index (χ0v) is 21.5. The van der Waals surface area contributed by atoms with Gasteiger partial charge in [-0.3, -0.25) is 14.5 Å². The van der Waals surface area contributed by atoms with Crippen LogP contribution in [0.15, 0.2) is 21.8 Å². The Morgan fingerprint density at radius 3 is 2.69 bits per heavy atom. The molecular weight excluding hydrogens is 518 g/mol. The van der Waals surface area contributed by atoms with E-state index in [-0.39, 0.29) is 35.4 Å². The van der Waals surface area contributed by atoms with Gasteiger partial charge in [0.05, 0.1) is 13.2 Å². The molecule has 0 aromatic carbocycles. The minimum absolute atomic E-state index is 0.0338. The number of nitrogen functional groups attached to an aromatic ring is 1. The van der Waals surface area contributed by atoms with Crippen molar-refractivity contribution in [1.29, 1.82) is 0 Å². The monoisotopic (exact) mass is 543 g/mol. The number of hydrogen-bond donors (Lipinski definition) is 2. The maximum atomic E-state index is 13.1. The molecule has 0 aliphatic carbocycles. The fourth-order valence-electron chi connectivity index (χ4n) is 3.38. The van der Waals surface area contributed by atoms with Crippen molar-refractivity contribution in [2.45, 2.75) is 31.6 Å². The van der Waals surface area contributed by atoms with Gasteiger partial charge in [0.2, 0.25) is 6.29 Å². The van der Waals surface area contributed by atoms with E-state index in [1.807, 2.05) is 0 Å². The molecule has 0 bridgehead atoms. The first-order valence-corrected chi connectivity index (χ1v) is 12.5. The van der Waals surface area contributed by atoms with Gasteiger partial charge in [0, 0.05) is 25.2 Å². The summed E-state index contributed by atoms with van der Waals surface area (Å²) in [5, 5.41) is 7.48. The van der Waals surface area contributed by atoms with Crippen molar-refractivity contribution in [2.24, 2.45) is 5.16 Å². The number of hydrogen-bond acceptors (Lipinski definition) is 14. The third-order valence-electron chi connectivity index (χ3n) is 4.81. The van der Waals surface area contributed by atoms with Crippen molar-refractivity contribution in [3.63, 3.8) is 0 Å². The summed E-state index contributed by atoms with van der Waals surface area (Å²) in [6.07, 6.45) is -2.27. The van der Waals surface area contributed by atoms with Crippen LogP contribution in [-0.2, 0) is 38.2 Å². The Balaban J connectivity index is 1.75. The first kappa shape index (κ1) is 27.2. The second-order valence-electron chi connectivity index (χ2n) is 7.21. The number of nitrogens with zero attached hydrogens (tertiary/aromatic N) is 3. The Morgan fingerprint density at radius 1 is 1.33 bits per heavy atom. The quantitative estimate of drug-likeness (QED) is 0.137. The predicted octanol–water partition coefficient (Wildman–Crippen LogP) is 0.439. The summed E-state index contributed by atoms with van der Waals surface area (Å²) in [5.41, 5.74) is 6.15. The number of nitrogens with one attached hydrogen (secondary N) is 1. The molecule has 3 atom stereocenters. The molecule has 1 fully saturated rings. The number of esters is 1. The van der Waals surface area contributed by atoms with Gasteiger partial charge in [-0.05, 0) is 12.5 Å². The Kier molecular flexibility index (Phi) is 9.11. The van der Waals surface area contributed by atoms with E-state index in [1.165, 1.54) is 43.2 Å². The number of rotatable bonds is 10. The molecule has 196 valence electrons. The van der Waals surface area contributed by atoms with Crippen molar-refractivity contribution in [1.82, 2.24) is 15.2 Å². The third-order valence-corrected chi connectivity index (χ3v) is 6.82. The first-order chi connectivity index (χ1) is 17.2. The second kappa shape index (κ2) is 12.0. The van der Waals surface area contributed by atoms with E-state index < -0.39 is 41.6 Å². The highest BCUT2D eigenvalue weighted by atomic mass is 32.2. The van der Waals surface area contributed by atoms with E-state index in [2.05, 4.69) is 20.2 Å². The molecule has 1 aromatic rings. The highest BCUT2D eigenvalue weighted by Crippen LogP contribution is 2.41. The minimum atomic E-state index is -1.27. The maximum absolute atomic E-state index is 13.1. The number of β-lactam (4-membered cyclic amide) rings is 1. The van der Waals surface area contributed by atoms with Crippen LogP contribution in [0.3, 0.4) is 0 Å². The lowest BCUT2D eigenvalue weighted by Gasteiger charge is -2.49. The van der Waals surface area contributed by atoms with Gasteiger partial charge >= 0.3 is 12.1 Å². The summed E-state index contributed by atoms with van der Waals surface area (Å²) in [6, 6.07) is -0.958. The smallest absolute Gasteiger partial charge is 0.435 e. The number of carbonyl (C=O) groups excluding carboxylic acids is 4. The normalized spacial score (nSPS) is 20.2. The SMILES string of the molecule is CCOC(=O)OC(C)OC(=O)C1=C(COC)CS[C@@H]2C(NC(=O)/C(=N\OC)c3csc(N)n3)C(=O)N12. The van der Waals surface area contributed by atoms with E-state index in [0.29, 0.717) is 11.3 Å². The molecule has 3 rings (SSSR count). The molecule has 16 heteroatoms. The topological polar surface area (TPSA) is 181 Å². The molecule has 1 aromatic heterocycles. The number of ether oxygens (including phenoxy) is 4. The lowest BCUT2D eigenvalue weighted by atomic mass is 10.0. The van der Waals surface area contributed by atoms with Crippen LogP contribution < -0.4 is 11.1 Å². The lowest BCUT2D eigenvalue weighted by Crippen LogP contribution is -2.71. The van der Waals surface area contributed by atoms with Gasteiger partial charge in [-0.15, -0.1) is 23.1 Å². The van der Waals surface area contributed by atoms with Gasteiger partial charge in [0.15, 0.2) is 10.8 Å². The molecular formula is C20H25N5O9S2. The highest BCUT2D eigenvalue weighted by molar-refractivity contribution is 8.00. The molecule has 36 heavy (non-hydrogen) atoms. The molecule has 2 amide bonds. The molecule has 0 spiro atoms. The number of amides is 2. The zero-order valence-electron chi connectivity index (χ0n) is 19.8. The van der Waals surface area contributed by atoms with Crippen molar-refractivity contribution in [3.8, 4) is 0 Å². The Hall–Kier alpha value is -3.37. The van der Waals surface area contributed by atoms with Crippen LogP contribution in [0.5, 0.6) is 0 Å². The molecule has 1 saturated heterocycles. The Labute approximate surface area is 214 Å². The third kappa shape index (κ3) is 5.88. The van der Waals surface area contributed by atoms with Gasteiger partial charge in [0.1, 0.15) is 29.9 Å². The Bertz CT molecular complexity index is 1090. The summed E-state index contributed by atoms with van der Waals surface area (Å²) in [6.45, 7) is 3.08. The molecule has 14 nitrogen and oxygen atoms in total. The lowest BCUT2D eigenvalue weighted by molar-refractivity contribution is -0.169. The predicted molar refractivity (Wildman–Crippen MR) is 128 cm³/mol. The summed E-state index contributed by atoms with van der Waals surface area (Å²) < 4.78 is 19.9. The number of thioether (sulfide) groups is 1. The van der Waals surface area contributed by atoms with Gasteiger partial charge in [-0.2, -0.15) is 0 Å². The molecule has 2 aliphatic rings. The molecule has 0 radical (unpaired) electrons. The van der Waals surface area contributed by atoms with Gasteiger partial charge in [0.25, 0.3) is 11.8 Å². The number of methoxy groups -OCH3 is 1. The first-order valence-electron chi connectivity index (χ1n) is 10.5. The number of carbonyl (C=O) groups is 4. The average molecular weight is 544 g/mol. The van der Waals surface area contributed by atoms with Crippen molar-refractivity contribution >= 4 is 57.9 Å². The molecule has 3 heterocycles. The van der Waals surface area contributed by atoms with E-state index in [4.69, 9.17) is 24.8 Å². The van der Waals surface area contributed by atoms with Gasteiger partial charge in [-0.1, -0.05) is 5.16 Å². The van der Waals surface area contributed by atoms with Gasteiger partial charge in [-0.25, -0.2) is 14.6 Å². The van der Waals surface area contributed by atoms with E-state index in [9.17, 15) is 19.2 Å². The summed E-state index contributed by atoms with van der Waals surface area (Å²) >= 11 is 2.45. The largest absolute Gasteiger partial charge is 0.511 e. The second-order valence-corrected chi connectivity index (χ2v) is 9.21. The molecule has 3 N–H and O–H groups in total. The average Bonchev–Trinajstić information content (AvgIpc) is 3.26. The van der Waals surface area contributed by atoms with Crippen molar-refractivity contribution in [3.05, 3.63) is 22.3 Å². The highest BCUT2D eigenvalue weighted by Gasteiger charge is 2.55.